The van der Waals surface area contributed by atoms with Crippen molar-refractivity contribution in [2.75, 3.05) is 25.4 Å². The fourth-order valence-corrected chi connectivity index (χ4v) is 5.81. The van der Waals surface area contributed by atoms with Crippen molar-refractivity contribution >= 4 is 15.9 Å². The van der Waals surface area contributed by atoms with Crippen molar-refractivity contribution in [3.8, 4) is 0 Å². The van der Waals surface area contributed by atoms with Crippen molar-refractivity contribution < 1.29 is 13.2 Å². The molecule has 1 aromatic carbocycles. The minimum absolute atomic E-state index is 0.00342. The van der Waals surface area contributed by atoms with E-state index in [-0.39, 0.29) is 11.7 Å². The van der Waals surface area contributed by atoms with Crippen LogP contribution in [0.25, 0.3) is 0 Å². The normalized spacial score (nSPS) is 23.1. The summed E-state index contributed by atoms with van der Waals surface area (Å²) in [6.45, 7) is 3.78. The molecule has 6 heteroatoms. The summed E-state index contributed by atoms with van der Waals surface area (Å²) >= 11 is 0. The first-order chi connectivity index (χ1) is 12.0. The molecule has 2 heterocycles. The second kappa shape index (κ2) is 7.87. The molecule has 138 valence electrons. The molecule has 1 unspecified atom stereocenters. The average Bonchev–Trinajstić information content (AvgIpc) is 3.13. The van der Waals surface area contributed by atoms with Gasteiger partial charge in [0.05, 0.1) is 5.75 Å². The third kappa shape index (κ3) is 4.06. The van der Waals surface area contributed by atoms with Crippen LogP contribution in [-0.4, -0.2) is 55.0 Å². The molecule has 0 radical (unpaired) electrons. The molecule has 0 saturated carbocycles. The van der Waals surface area contributed by atoms with Crippen molar-refractivity contribution in [2.24, 2.45) is 0 Å². The molecule has 2 aliphatic heterocycles. The van der Waals surface area contributed by atoms with Crippen LogP contribution in [-0.2, 0) is 14.8 Å². The Hall–Kier alpha value is -1.40. The summed E-state index contributed by atoms with van der Waals surface area (Å²) in [6, 6.07) is 9.96. The second-order valence-corrected chi connectivity index (χ2v) is 9.14. The molecule has 0 aliphatic carbocycles. The van der Waals surface area contributed by atoms with E-state index >= 15 is 0 Å². The van der Waals surface area contributed by atoms with Crippen LogP contribution < -0.4 is 0 Å². The molecule has 25 heavy (non-hydrogen) atoms. The van der Waals surface area contributed by atoms with Crippen molar-refractivity contribution in [1.82, 2.24) is 9.21 Å². The Kier molecular flexibility index (Phi) is 5.79. The zero-order valence-electron chi connectivity index (χ0n) is 14.9. The summed E-state index contributed by atoms with van der Waals surface area (Å²) < 4.78 is 26.3. The molecule has 2 saturated heterocycles. The second-order valence-electron chi connectivity index (χ2n) is 7.09. The number of amides is 1. The number of nitrogens with zero attached hydrogens (tertiary/aromatic N) is 2. The third-order valence-electron chi connectivity index (χ3n) is 5.39. The fourth-order valence-electron chi connectivity index (χ4n) is 4.06. The predicted octanol–water partition coefficient (Wildman–Crippen LogP) is 2.60. The van der Waals surface area contributed by atoms with Crippen LogP contribution in [0, 0.1) is 0 Å². The van der Waals surface area contributed by atoms with E-state index in [9.17, 15) is 13.2 Å². The summed E-state index contributed by atoms with van der Waals surface area (Å²) in [5.41, 5.74) is 1.34. The van der Waals surface area contributed by atoms with Gasteiger partial charge in [-0.05, 0) is 43.6 Å². The topological polar surface area (TPSA) is 57.7 Å². The number of benzene rings is 1. The van der Waals surface area contributed by atoms with Crippen molar-refractivity contribution in [1.29, 1.82) is 0 Å². The maximum atomic E-state index is 12.9. The summed E-state index contributed by atoms with van der Waals surface area (Å²) in [7, 11) is -3.31. The minimum Gasteiger partial charge on any atom is -0.341 e. The fraction of sp³-hybridized carbons (Fsp3) is 0.632. The van der Waals surface area contributed by atoms with E-state index in [1.54, 1.807) is 0 Å². The Morgan fingerprint density at radius 1 is 1.08 bits per heavy atom. The Bertz CT molecular complexity index is 682. The van der Waals surface area contributed by atoms with Gasteiger partial charge in [0.25, 0.3) is 0 Å². The van der Waals surface area contributed by atoms with E-state index in [0.717, 1.165) is 32.4 Å². The number of likely N-dealkylation sites (tertiary alicyclic amines) is 1. The van der Waals surface area contributed by atoms with E-state index in [0.29, 0.717) is 25.3 Å². The average molecular weight is 365 g/mol. The zero-order chi connectivity index (χ0) is 17.9. The number of hydrogen-bond acceptors (Lipinski definition) is 3. The lowest BCUT2D eigenvalue weighted by Crippen LogP contribution is -2.50. The van der Waals surface area contributed by atoms with Crippen LogP contribution >= 0.6 is 0 Å². The monoisotopic (exact) mass is 364 g/mol. The van der Waals surface area contributed by atoms with Gasteiger partial charge in [0.1, 0.15) is 6.04 Å². The molecule has 1 aromatic rings. The minimum atomic E-state index is -3.31. The van der Waals surface area contributed by atoms with Crippen LogP contribution in [0.1, 0.15) is 50.5 Å². The molecule has 0 aromatic heterocycles. The molecule has 2 fully saturated rings. The Morgan fingerprint density at radius 2 is 1.76 bits per heavy atom. The predicted molar refractivity (Wildman–Crippen MR) is 98.8 cm³/mol. The summed E-state index contributed by atoms with van der Waals surface area (Å²) in [5.74, 6) is 0.629. The highest BCUT2D eigenvalue weighted by Crippen LogP contribution is 2.30. The molecule has 5 nitrogen and oxygen atoms in total. The Labute approximate surface area is 151 Å². The van der Waals surface area contributed by atoms with Crippen molar-refractivity contribution in [2.45, 2.75) is 51.0 Å². The maximum Gasteiger partial charge on any atom is 0.241 e. The summed E-state index contributed by atoms with van der Waals surface area (Å²) in [4.78, 5) is 14.8. The van der Waals surface area contributed by atoms with Gasteiger partial charge in [-0.3, -0.25) is 4.79 Å². The van der Waals surface area contributed by atoms with Crippen LogP contribution in [0.2, 0.25) is 0 Å². The number of carbonyl (C=O) groups excluding carboxylic acids is 1. The van der Waals surface area contributed by atoms with Crippen LogP contribution in [0.15, 0.2) is 30.3 Å². The van der Waals surface area contributed by atoms with Crippen molar-refractivity contribution in [3.63, 3.8) is 0 Å². The van der Waals surface area contributed by atoms with Crippen LogP contribution in [0.5, 0.6) is 0 Å². The smallest absolute Gasteiger partial charge is 0.241 e. The van der Waals surface area contributed by atoms with Gasteiger partial charge in [-0.2, -0.15) is 4.31 Å². The molecular weight excluding hydrogens is 336 g/mol. The first kappa shape index (κ1) is 18.4. The molecule has 0 spiro atoms. The maximum absolute atomic E-state index is 12.9. The van der Waals surface area contributed by atoms with E-state index < -0.39 is 16.1 Å². The SMILES string of the molecule is CCCS(=O)(=O)N1CCCC1C(=O)N1CCC(c2ccccc2)CC1. The third-order valence-corrected chi connectivity index (χ3v) is 7.46. The van der Waals surface area contributed by atoms with Gasteiger partial charge in [0.15, 0.2) is 0 Å². The number of rotatable bonds is 5. The Balaban J connectivity index is 1.62. The number of piperidine rings is 1. The molecule has 1 atom stereocenters. The van der Waals surface area contributed by atoms with E-state index in [2.05, 4.69) is 24.3 Å². The summed E-state index contributed by atoms with van der Waals surface area (Å²) in [6.07, 6.45) is 3.91. The highest BCUT2D eigenvalue weighted by atomic mass is 32.2. The van der Waals surface area contributed by atoms with Gasteiger partial charge >= 0.3 is 0 Å². The number of hydrogen-bond donors (Lipinski definition) is 0. The van der Waals surface area contributed by atoms with E-state index in [1.165, 1.54) is 9.87 Å². The lowest BCUT2D eigenvalue weighted by molar-refractivity contribution is -0.135. The highest BCUT2D eigenvalue weighted by molar-refractivity contribution is 7.89. The molecule has 0 N–H and O–H groups in total. The number of sulfonamides is 1. The lowest BCUT2D eigenvalue weighted by Gasteiger charge is -2.35. The van der Waals surface area contributed by atoms with Gasteiger partial charge in [-0.25, -0.2) is 8.42 Å². The highest BCUT2D eigenvalue weighted by Gasteiger charge is 2.40. The van der Waals surface area contributed by atoms with E-state index in [1.807, 2.05) is 17.9 Å². The van der Waals surface area contributed by atoms with Gasteiger partial charge in [-0.1, -0.05) is 37.3 Å². The van der Waals surface area contributed by atoms with E-state index in [4.69, 9.17) is 0 Å². The standard InChI is InChI=1S/C19H28N2O3S/c1-2-15-25(23,24)21-12-6-9-18(21)19(22)20-13-10-17(11-14-20)16-7-4-3-5-8-16/h3-5,7-8,17-18H,2,6,9-15H2,1H3. The van der Waals surface area contributed by atoms with Gasteiger partial charge in [0, 0.05) is 19.6 Å². The molecule has 3 rings (SSSR count). The largest absolute Gasteiger partial charge is 0.341 e. The quantitative estimate of drug-likeness (QED) is 0.807. The van der Waals surface area contributed by atoms with Crippen LogP contribution in [0.4, 0.5) is 0 Å². The lowest BCUT2D eigenvalue weighted by atomic mass is 9.89. The van der Waals surface area contributed by atoms with Gasteiger partial charge in [-0.15, -0.1) is 0 Å². The molecule has 2 aliphatic rings. The summed E-state index contributed by atoms with van der Waals surface area (Å²) in [5, 5.41) is 0. The van der Waals surface area contributed by atoms with Gasteiger partial charge < -0.3 is 4.90 Å². The first-order valence-electron chi connectivity index (χ1n) is 9.36. The number of carbonyl (C=O) groups is 1. The molecular formula is C19H28N2O3S. The first-order valence-corrected chi connectivity index (χ1v) is 11.0. The molecule has 1 amide bonds. The Morgan fingerprint density at radius 3 is 2.40 bits per heavy atom. The zero-order valence-corrected chi connectivity index (χ0v) is 15.7. The molecule has 0 bridgehead atoms. The van der Waals surface area contributed by atoms with Crippen LogP contribution in [0.3, 0.4) is 0 Å². The van der Waals surface area contributed by atoms with Crippen molar-refractivity contribution in [3.05, 3.63) is 35.9 Å². The van der Waals surface area contributed by atoms with Gasteiger partial charge in [0.2, 0.25) is 15.9 Å².